The first-order valence-corrected chi connectivity index (χ1v) is 9.46. The molecule has 0 amide bonds. The van der Waals surface area contributed by atoms with E-state index in [2.05, 4.69) is 15.9 Å². The van der Waals surface area contributed by atoms with Crippen molar-refractivity contribution in [2.24, 2.45) is 5.73 Å². The minimum absolute atomic E-state index is 0.218. The highest BCUT2D eigenvalue weighted by Gasteiger charge is 2.24. The lowest BCUT2D eigenvalue weighted by Crippen LogP contribution is -2.26. The molecule has 114 valence electrons. The van der Waals surface area contributed by atoms with Crippen LogP contribution in [-0.2, 0) is 23.1 Å². The number of benzene rings is 1. The molecule has 21 heavy (non-hydrogen) atoms. The molecule has 0 bridgehead atoms. The van der Waals surface area contributed by atoms with Crippen LogP contribution >= 0.6 is 38.9 Å². The lowest BCUT2D eigenvalue weighted by molar-refractivity contribution is 0.469. The Morgan fingerprint density at radius 1 is 1.33 bits per heavy atom. The van der Waals surface area contributed by atoms with Crippen LogP contribution in [0, 0.1) is 0 Å². The topological polar surface area (TPSA) is 63.4 Å². The van der Waals surface area contributed by atoms with E-state index in [-0.39, 0.29) is 11.4 Å². The molecule has 0 atom stereocenters. The van der Waals surface area contributed by atoms with Gasteiger partial charge in [-0.15, -0.1) is 11.3 Å². The summed E-state index contributed by atoms with van der Waals surface area (Å²) in [5, 5.41) is 0. The Morgan fingerprint density at radius 3 is 2.62 bits per heavy atom. The van der Waals surface area contributed by atoms with E-state index < -0.39 is 10.0 Å². The van der Waals surface area contributed by atoms with Gasteiger partial charge >= 0.3 is 0 Å². The number of hydrogen-bond donors (Lipinski definition) is 1. The summed E-state index contributed by atoms with van der Waals surface area (Å²) in [6.45, 7) is 0.569. The number of thiophene rings is 1. The Kier molecular flexibility index (Phi) is 5.45. The molecule has 0 aliphatic carbocycles. The first-order valence-electron chi connectivity index (χ1n) is 6.03. The van der Waals surface area contributed by atoms with Gasteiger partial charge in [0.1, 0.15) is 0 Å². The van der Waals surface area contributed by atoms with Gasteiger partial charge in [-0.05, 0) is 45.8 Å². The number of halogens is 2. The number of sulfonamides is 1. The Hall–Kier alpha value is -0.440. The van der Waals surface area contributed by atoms with Crippen molar-refractivity contribution >= 4 is 48.9 Å². The molecule has 0 aliphatic heterocycles. The van der Waals surface area contributed by atoms with Crippen LogP contribution in [0.25, 0.3) is 0 Å². The minimum Gasteiger partial charge on any atom is -0.326 e. The second-order valence-electron chi connectivity index (χ2n) is 4.44. The molecule has 0 fully saturated rings. The van der Waals surface area contributed by atoms with Gasteiger partial charge in [-0.2, -0.15) is 4.31 Å². The second kappa shape index (κ2) is 6.76. The average Bonchev–Trinajstić information content (AvgIpc) is 2.84. The van der Waals surface area contributed by atoms with Gasteiger partial charge < -0.3 is 5.73 Å². The molecule has 0 saturated carbocycles. The highest BCUT2D eigenvalue weighted by molar-refractivity contribution is 9.10. The molecule has 0 saturated heterocycles. The van der Waals surface area contributed by atoms with Crippen molar-refractivity contribution in [1.29, 1.82) is 0 Å². The van der Waals surface area contributed by atoms with Gasteiger partial charge in [0.2, 0.25) is 10.0 Å². The van der Waals surface area contributed by atoms with E-state index in [1.54, 1.807) is 31.3 Å². The summed E-state index contributed by atoms with van der Waals surface area (Å²) in [5.74, 6) is 0. The highest BCUT2D eigenvalue weighted by Crippen LogP contribution is 2.28. The summed E-state index contributed by atoms with van der Waals surface area (Å²) in [6, 6.07) is 8.67. The molecule has 0 aliphatic rings. The second-order valence-corrected chi connectivity index (χ2v) is 9.10. The summed E-state index contributed by atoms with van der Waals surface area (Å²) in [5.41, 5.74) is 6.35. The molecule has 0 radical (unpaired) electrons. The summed E-state index contributed by atoms with van der Waals surface area (Å²) in [7, 11) is -2.05. The van der Waals surface area contributed by atoms with Gasteiger partial charge in [0.15, 0.2) is 0 Å². The van der Waals surface area contributed by atoms with E-state index in [0.29, 0.717) is 15.4 Å². The quantitative estimate of drug-likeness (QED) is 0.822. The lowest BCUT2D eigenvalue weighted by atomic mass is 10.2. The maximum atomic E-state index is 12.7. The summed E-state index contributed by atoms with van der Waals surface area (Å²) in [4.78, 5) is 1.10. The van der Waals surface area contributed by atoms with Crippen LogP contribution < -0.4 is 5.73 Å². The van der Waals surface area contributed by atoms with Crippen LogP contribution in [0.3, 0.4) is 0 Å². The monoisotopic (exact) mass is 408 g/mol. The van der Waals surface area contributed by atoms with Crippen LogP contribution in [0.5, 0.6) is 0 Å². The number of rotatable bonds is 5. The normalized spacial score (nSPS) is 12.0. The molecule has 8 heteroatoms. The molecule has 1 aromatic heterocycles. The fourth-order valence-corrected chi connectivity index (χ4v) is 5.12. The zero-order valence-corrected chi connectivity index (χ0v) is 15.2. The highest BCUT2D eigenvalue weighted by atomic mass is 79.9. The van der Waals surface area contributed by atoms with Crippen molar-refractivity contribution in [2.75, 3.05) is 7.05 Å². The maximum absolute atomic E-state index is 12.7. The standard InChI is InChI=1S/C13H14BrClN2O2S2/c1-17(8-10-3-5-13(15)20-10)21(18,19)12-6-9(7-16)2-4-11(12)14/h2-6H,7-8,16H2,1H3. The Labute approximate surface area is 141 Å². The van der Waals surface area contributed by atoms with Gasteiger partial charge in [0, 0.05) is 29.5 Å². The molecule has 0 unspecified atom stereocenters. The molecular weight excluding hydrogens is 396 g/mol. The lowest BCUT2D eigenvalue weighted by Gasteiger charge is -2.18. The smallest absolute Gasteiger partial charge is 0.244 e. The zero-order chi connectivity index (χ0) is 15.6. The Morgan fingerprint density at radius 2 is 2.05 bits per heavy atom. The fraction of sp³-hybridized carbons (Fsp3) is 0.231. The molecule has 0 spiro atoms. The van der Waals surface area contributed by atoms with E-state index in [1.165, 1.54) is 15.6 Å². The van der Waals surface area contributed by atoms with E-state index in [4.69, 9.17) is 17.3 Å². The summed E-state index contributed by atoms with van der Waals surface area (Å²) < 4.78 is 27.8. The van der Waals surface area contributed by atoms with Crippen molar-refractivity contribution in [3.63, 3.8) is 0 Å². The fourth-order valence-electron chi connectivity index (χ4n) is 1.78. The van der Waals surface area contributed by atoms with Crippen molar-refractivity contribution in [1.82, 2.24) is 4.31 Å². The average molecular weight is 410 g/mol. The first kappa shape index (κ1) is 16.9. The van der Waals surface area contributed by atoms with Crippen LogP contribution in [0.2, 0.25) is 4.34 Å². The zero-order valence-electron chi connectivity index (χ0n) is 11.2. The third-order valence-electron chi connectivity index (χ3n) is 2.93. The molecule has 4 nitrogen and oxygen atoms in total. The van der Waals surface area contributed by atoms with Crippen molar-refractivity contribution in [2.45, 2.75) is 18.0 Å². The third kappa shape index (κ3) is 3.85. The molecular formula is C13H14BrClN2O2S2. The SMILES string of the molecule is CN(Cc1ccc(Cl)s1)S(=O)(=O)c1cc(CN)ccc1Br. The van der Waals surface area contributed by atoms with E-state index in [0.717, 1.165) is 10.4 Å². The van der Waals surface area contributed by atoms with E-state index in [1.807, 2.05) is 6.07 Å². The van der Waals surface area contributed by atoms with E-state index >= 15 is 0 Å². The van der Waals surface area contributed by atoms with E-state index in [9.17, 15) is 8.42 Å². The third-order valence-corrected chi connectivity index (χ3v) is 6.94. The molecule has 1 aromatic carbocycles. The van der Waals surface area contributed by atoms with Crippen LogP contribution in [-0.4, -0.2) is 19.8 Å². The summed E-state index contributed by atoms with van der Waals surface area (Å²) in [6.07, 6.45) is 0. The number of hydrogen-bond acceptors (Lipinski definition) is 4. The van der Waals surface area contributed by atoms with Gasteiger partial charge in [-0.3, -0.25) is 0 Å². The van der Waals surface area contributed by atoms with Gasteiger partial charge in [-0.1, -0.05) is 17.7 Å². The predicted octanol–water partition coefficient (Wildman–Crippen LogP) is 3.44. The Bertz CT molecular complexity index is 746. The van der Waals surface area contributed by atoms with Crippen molar-refractivity contribution in [3.05, 3.63) is 49.6 Å². The molecule has 2 aromatic rings. The van der Waals surface area contributed by atoms with Crippen LogP contribution in [0.15, 0.2) is 39.7 Å². The minimum atomic E-state index is -3.60. The van der Waals surface area contributed by atoms with Crippen molar-refractivity contribution in [3.8, 4) is 0 Å². The largest absolute Gasteiger partial charge is 0.326 e. The first-order chi connectivity index (χ1) is 9.84. The van der Waals surface area contributed by atoms with Crippen molar-refractivity contribution < 1.29 is 8.42 Å². The number of nitrogens with two attached hydrogens (primary N) is 1. The number of nitrogens with zero attached hydrogens (tertiary/aromatic N) is 1. The molecule has 1 heterocycles. The summed E-state index contributed by atoms with van der Waals surface area (Å²) >= 11 is 10.5. The van der Waals surface area contributed by atoms with Gasteiger partial charge in [0.05, 0.1) is 9.23 Å². The van der Waals surface area contributed by atoms with Gasteiger partial charge in [-0.25, -0.2) is 8.42 Å². The molecule has 2 N–H and O–H groups in total. The maximum Gasteiger partial charge on any atom is 0.244 e. The van der Waals surface area contributed by atoms with Crippen LogP contribution in [0.4, 0.5) is 0 Å². The Balaban J connectivity index is 2.32. The van der Waals surface area contributed by atoms with Gasteiger partial charge in [0.25, 0.3) is 0 Å². The predicted molar refractivity (Wildman–Crippen MR) is 90.0 cm³/mol. The molecule has 2 rings (SSSR count). The van der Waals surface area contributed by atoms with Crippen LogP contribution in [0.1, 0.15) is 10.4 Å².